The minimum atomic E-state index is -3.70. The van der Waals surface area contributed by atoms with E-state index in [1.165, 1.54) is 12.1 Å². The maximum absolute atomic E-state index is 12.3. The third-order valence-corrected chi connectivity index (χ3v) is 7.85. The molecule has 1 aromatic carbocycles. The highest BCUT2D eigenvalue weighted by molar-refractivity contribution is 7.90. The summed E-state index contributed by atoms with van der Waals surface area (Å²) in [5.74, 6) is -0.129. The number of nitrogens with one attached hydrogen (secondary N) is 2. The fraction of sp³-hybridized carbons (Fsp3) is 0.611. The summed E-state index contributed by atoms with van der Waals surface area (Å²) in [5.41, 5.74) is 0.902. The van der Waals surface area contributed by atoms with Gasteiger partial charge in [0.1, 0.15) is 0 Å². The average Bonchev–Trinajstić information content (AvgIpc) is 2.61. The number of benzene rings is 1. The highest BCUT2D eigenvalue weighted by atomic mass is 32.2. The van der Waals surface area contributed by atoms with E-state index < -0.39 is 25.3 Å². The molecule has 0 heterocycles. The van der Waals surface area contributed by atoms with Gasteiger partial charge in [-0.1, -0.05) is 12.1 Å². The van der Waals surface area contributed by atoms with Crippen molar-refractivity contribution < 1.29 is 21.6 Å². The molecule has 1 aliphatic carbocycles. The van der Waals surface area contributed by atoms with Crippen molar-refractivity contribution in [2.75, 3.05) is 6.54 Å². The van der Waals surface area contributed by atoms with Crippen LogP contribution in [0, 0.1) is 5.92 Å². The molecule has 28 heavy (non-hydrogen) atoms. The third kappa shape index (κ3) is 6.54. The Morgan fingerprint density at radius 3 is 2.14 bits per heavy atom. The molecular weight excluding hydrogens is 402 g/mol. The van der Waals surface area contributed by atoms with Gasteiger partial charge in [0.25, 0.3) is 0 Å². The highest BCUT2D eigenvalue weighted by Crippen LogP contribution is 2.25. The van der Waals surface area contributed by atoms with Crippen LogP contribution >= 0.6 is 0 Å². The van der Waals surface area contributed by atoms with E-state index in [1.54, 1.807) is 26.0 Å². The van der Waals surface area contributed by atoms with Crippen LogP contribution in [-0.4, -0.2) is 40.6 Å². The molecule has 0 atom stereocenters. The molecule has 0 spiro atoms. The number of rotatable bonds is 8. The standard InChI is InChI=1S/C18H29N3O5S2/c1-13(2)28(25,26)21-16-7-5-15(6-8-16)18(22)20-12-11-14-3-9-17(10-4-14)27(19,23)24/h3-4,9-10,13,15-16,21H,5-8,11-12H2,1-2H3,(H,20,22)(H2,19,23,24). The van der Waals surface area contributed by atoms with Gasteiger partial charge in [-0.25, -0.2) is 26.7 Å². The van der Waals surface area contributed by atoms with Gasteiger partial charge < -0.3 is 5.32 Å². The van der Waals surface area contributed by atoms with E-state index in [4.69, 9.17) is 5.14 Å². The molecule has 1 fully saturated rings. The van der Waals surface area contributed by atoms with E-state index in [1.807, 2.05) is 0 Å². The zero-order valence-corrected chi connectivity index (χ0v) is 17.9. The van der Waals surface area contributed by atoms with Crippen molar-refractivity contribution in [3.05, 3.63) is 29.8 Å². The summed E-state index contributed by atoms with van der Waals surface area (Å²) in [6.45, 7) is 3.74. The van der Waals surface area contributed by atoms with E-state index >= 15 is 0 Å². The van der Waals surface area contributed by atoms with Gasteiger partial charge in [-0.15, -0.1) is 0 Å². The third-order valence-electron chi connectivity index (χ3n) is 5.01. The fourth-order valence-electron chi connectivity index (χ4n) is 3.16. The van der Waals surface area contributed by atoms with Crippen LogP contribution in [0.5, 0.6) is 0 Å². The van der Waals surface area contributed by atoms with Crippen LogP contribution in [0.2, 0.25) is 0 Å². The predicted molar refractivity (Wildman–Crippen MR) is 107 cm³/mol. The predicted octanol–water partition coefficient (Wildman–Crippen LogP) is 0.879. The summed E-state index contributed by atoms with van der Waals surface area (Å²) in [6, 6.07) is 6.15. The first-order chi connectivity index (χ1) is 13.0. The number of carbonyl (C=O) groups is 1. The van der Waals surface area contributed by atoms with Crippen molar-refractivity contribution >= 4 is 26.0 Å². The number of sulfonamides is 2. The molecule has 0 aliphatic heterocycles. The molecule has 0 saturated heterocycles. The fourth-order valence-corrected chi connectivity index (χ4v) is 4.65. The van der Waals surface area contributed by atoms with E-state index in [0.29, 0.717) is 38.6 Å². The zero-order chi connectivity index (χ0) is 20.9. The summed E-state index contributed by atoms with van der Waals surface area (Å²) >= 11 is 0. The van der Waals surface area contributed by atoms with E-state index in [0.717, 1.165) is 5.56 Å². The number of carbonyl (C=O) groups excluding carboxylic acids is 1. The largest absolute Gasteiger partial charge is 0.356 e. The monoisotopic (exact) mass is 431 g/mol. The quantitative estimate of drug-likeness (QED) is 0.561. The SMILES string of the molecule is CC(C)S(=O)(=O)NC1CCC(C(=O)NCCc2ccc(S(N)(=O)=O)cc2)CC1. The van der Waals surface area contributed by atoms with Crippen LogP contribution in [0.15, 0.2) is 29.2 Å². The van der Waals surface area contributed by atoms with Gasteiger partial charge in [-0.2, -0.15) is 0 Å². The molecule has 1 saturated carbocycles. The van der Waals surface area contributed by atoms with E-state index in [-0.39, 0.29) is 22.8 Å². The number of amides is 1. The van der Waals surface area contributed by atoms with Gasteiger partial charge in [0.2, 0.25) is 26.0 Å². The smallest absolute Gasteiger partial charge is 0.238 e. The molecular formula is C18H29N3O5S2. The normalized spacial score (nSPS) is 20.9. The molecule has 4 N–H and O–H groups in total. The van der Waals surface area contributed by atoms with Crippen LogP contribution in [0.1, 0.15) is 45.1 Å². The molecule has 2 rings (SSSR count). The Morgan fingerprint density at radius 1 is 1.07 bits per heavy atom. The Bertz CT molecular complexity index is 872. The minimum Gasteiger partial charge on any atom is -0.356 e. The Labute approximate surface area is 167 Å². The van der Waals surface area contributed by atoms with Crippen molar-refractivity contribution in [2.45, 2.75) is 62.1 Å². The Kier molecular flexibility index (Phi) is 7.60. The second-order valence-corrected chi connectivity index (χ2v) is 11.3. The summed E-state index contributed by atoms with van der Waals surface area (Å²) in [5, 5.41) is 7.51. The van der Waals surface area contributed by atoms with Crippen LogP contribution in [0.4, 0.5) is 0 Å². The van der Waals surface area contributed by atoms with Crippen molar-refractivity contribution in [1.29, 1.82) is 0 Å². The summed E-state index contributed by atoms with van der Waals surface area (Å²) in [6.07, 6.45) is 3.19. The maximum Gasteiger partial charge on any atom is 0.238 e. The first-order valence-corrected chi connectivity index (χ1v) is 12.5. The first kappa shape index (κ1) is 22.8. The lowest BCUT2D eigenvalue weighted by Crippen LogP contribution is -2.43. The topological polar surface area (TPSA) is 135 Å². The van der Waals surface area contributed by atoms with Crippen LogP contribution in [-0.2, 0) is 31.3 Å². The molecule has 158 valence electrons. The van der Waals surface area contributed by atoms with E-state index in [9.17, 15) is 21.6 Å². The van der Waals surface area contributed by atoms with Gasteiger partial charge in [-0.05, 0) is 63.6 Å². The molecule has 0 aromatic heterocycles. The number of hydrogen-bond acceptors (Lipinski definition) is 5. The lowest BCUT2D eigenvalue weighted by molar-refractivity contribution is -0.125. The van der Waals surface area contributed by atoms with Crippen molar-refractivity contribution in [3.8, 4) is 0 Å². The van der Waals surface area contributed by atoms with Gasteiger partial charge in [0.05, 0.1) is 10.1 Å². The van der Waals surface area contributed by atoms with Crippen molar-refractivity contribution in [2.24, 2.45) is 11.1 Å². The molecule has 0 radical (unpaired) electrons. The van der Waals surface area contributed by atoms with Gasteiger partial charge in [0.15, 0.2) is 0 Å². The van der Waals surface area contributed by atoms with E-state index in [2.05, 4.69) is 10.0 Å². The molecule has 1 amide bonds. The Morgan fingerprint density at radius 2 is 1.64 bits per heavy atom. The van der Waals surface area contributed by atoms with Crippen LogP contribution < -0.4 is 15.2 Å². The van der Waals surface area contributed by atoms with Crippen molar-refractivity contribution in [1.82, 2.24) is 10.0 Å². The Hall–Kier alpha value is -1.49. The number of hydrogen-bond donors (Lipinski definition) is 3. The molecule has 1 aromatic rings. The molecule has 8 nitrogen and oxygen atoms in total. The maximum atomic E-state index is 12.3. The summed E-state index contributed by atoms with van der Waals surface area (Å²) < 4.78 is 49.1. The van der Waals surface area contributed by atoms with Gasteiger partial charge in [0, 0.05) is 18.5 Å². The van der Waals surface area contributed by atoms with Crippen LogP contribution in [0.3, 0.4) is 0 Å². The lowest BCUT2D eigenvalue weighted by Gasteiger charge is -2.28. The van der Waals surface area contributed by atoms with Gasteiger partial charge in [-0.3, -0.25) is 4.79 Å². The summed E-state index contributed by atoms with van der Waals surface area (Å²) in [4.78, 5) is 12.4. The van der Waals surface area contributed by atoms with Crippen LogP contribution in [0.25, 0.3) is 0 Å². The molecule has 1 aliphatic rings. The Balaban J connectivity index is 1.74. The number of nitrogens with two attached hydrogens (primary N) is 1. The zero-order valence-electron chi connectivity index (χ0n) is 16.2. The van der Waals surface area contributed by atoms with Crippen molar-refractivity contribution in [3.63, 3.8) is 0 Å². The minimum absolute atomic E-state index is 0.0219. The molecule has 0 unspecified atom stereocenters. The highest BCUT2D eigenvalue weighted by Gasteiger charge is 2.29. The summed E-state index contributed by atoms with van der Waals surface area (Å²) in [7, 11) is -6.99. The average molecular weight is 432 g/mol. The molecule has 10 heteroatoms. The second-order valence-electron chi connectivity index (χ2n) is 7.49. The van der Waals surface area contributed by atoms with Gasteiger partial charge >= 0.3 is 0 Å². The second kappa shape index (κ2) is 9.34. The number of primary sulfonamides is 1. The molecule has 0 bridgehead atoms. The lowest BCUT2D eigenvalue weighted by atomic mass is 9.86. The first-order valence-electron chi connectivity index (χ1n) is 9.39.